The van der Waals surface area contributed by atoms with Crippen molar-refractivity contribution in [2.45, 2.75) is 26.4 Å². The van der Waals surface area contributed by atoms with E-state index in [2.05, 4.69) is 63.0 Å². The second kappa shape index (κ2) is 11.7. The maximum absolute atomic E-state index is 5.97. The topological polar surface area (TPSA) is 85.6 Å². The Kier molecular flexibility index (Phi) is 8.42. The SMILES string of the molecule is CN=C(NCc1ccc(-n2cncn2)cc1)NCc1ccc(C)cc1OCCCOC. The Balaban J connectivity index is 1.52. The number of hydrogen-bond donors (Lipinski definition) is 2. The molecule has 1 heterocycles. The summed E-state index contributed by atoms with van der Waals surface area (Å²) in [6.07, 6.45) is 4.06. The van der Waals surface area contributed by atoms with Gasteiger partial charge in [-0.05, 0) is 36.2 Å². The van der Waals surface area contributed by atoms with Crippen LogP contribution in [0.5, 0.6) is 5.75 Å². The smallest absolute Gasteiger partial charge is 0.191 e. The summed E-state index contributed by atoms with van der Waals surface area (Å²) in [5.41, 5.74) is 4.37. The Bertz CT molecular complexity index is 955. The van der Waals surface area contributed by atoms with E-state index in [0.29, 0.717) is 26.3 Å². The molecule has 0 bridgehead atoms. The predicted molar refractivity (Wildman–Crippen MR) is 122 cm³/mol. The molecule has 0 saturated carbocycles. The molecule has 0 aliphatic rings. The van der Waals surface area contributed by atoms with Crippen molar-refractivity contribution in [2.75, 3.05) is 27.4 Å². The molecular formula is C23H30N6O2. The lowest BCUT2D eigenvalue weighted by atomic mass is 10.1. The molecule has 0 radical (unpaired) electrons. The second-order valence-corrected chi connectivity index (χ2v) is 7.09. The molecule has 1 aromatic heterocycles. The van der Waals surface area contributed by atoms with Crippen LogP contribution in [0.4, 0.5) is 0 Å². The predicted octanol–water partition coefficient (Wildman–Crippen LogP) is 2.86. The van der Waals surface area contributed by atoms with Crippen LogP contribution in [0.2, 0.25) is 0 Å². The fraction of sp³-hybridized carbons (Fsp3) is 0.348. The van der Waals surface area contributed by atoms with E-state index in [0.717, 1.165) is 34.9 Å². The van der Waals surface area contributed by atoms with Gasteiger partial charge in [0.25, 0.3) is 0 Å². The number of aryl methyl sites for hydroxylation is 1. The van der Waals surface area contributed by atoms with Crippen LogP contribution in [-0.4, -0.2) is 48.1 Å². The van der Waals surface area contributed by atoms with Gasteiger partial charge >= 0.3 is 0 Å². The van der Waals surface area contributed by atoms with Crippen molar-refractivity contribution in [1.29, 1.82) is 0 Å². The van der Waals surface area contributed by atoms with Gasteiger partial charge in [-0.15, -0.1) is 0 Å². The summed E-state index contributed by atoms with van der Waals surface area (Å²) >= 11 is 0. The van der Waals surface area contributed by atoms with Gasteiger partial charge in [-0.3, -0.25) is 4.99 Å². The number of aliphatic imine (C=N–C) groups is 1. The van der Waals surface area contributed by atoms with Crippen LogP contribution < -0.4 is 15.4 Å². The Morgan fingerprint density at radius 1 is 1.06 bits per heavy atom. The van der Waals surface area contributed by atoms with Gasteiger partial charge in [-0.2, -0.15) is 5.10 Å². The van der Waals surface area contributed by atoms with Gasteiger partial charge in [0.05, 0.1) is 12.3 Å². The van der Waals surface area contributed by atoms with Gasteiger partial charge in [-0.1, -0.05) is 24.3 Å². The normalized spacial score (nSPS) is 11.4. The summed E-state index contributed by atoms with van der Waals surface area (Å²) < 4.78 is 12.8. The van der Waals surface area contributed by atoms with Crippen molar-refractivity contribution >= 4 is 5.96 Å². The molecule has 2 aromatic carbocycles. The van der Waals surface area contributed by atoms with Crippen LogP contribution >= 0.6 is 0 Å². The first-order valence-corrected chi connectivity index (χ1v) is 10.3. The van der Waals surface area contributed by atoms with Crippen molar-refractivity contribution in [2.24, 2.45) is 4.99 Å². The van der Waals surface area contributed by atoms with Gasteiger partial charge in [0.1, 0.15) is 18.4 Å². The van der Waals surface area contributed by atoms with E-state index in [-0.39, 0.29) is 0 Å². The highest BCUT2D eigenvalue weighted by Crippen LogP contribution is 2.20. The number of rotatable bonds is 10. The number of hydrogen-bond acceptors (Lipinski definition) is 5. The monoisotopic (exact) mass is 422 g/mol. The first-order chi connectivity index (χ1) is 15.2. The molecule has 0 unspecified atom stereocenters. The number of nitrogens with one attached hydrogen (secondary N) is 2. The first-order valence-electron chi connectivity index (χ1n) is 10.3. The Hall–Kier alpha value is -3.39. The number of guanidine groups is 1. The third-order valence-electron chi connectivity index (χ3n) is 4.72. The third-order valence-corrected chi connectivity index (χ3v) is 4.72. The number of nitrogens with zero attached hydrogens (tertiary/aromatic N) is 4. The molecule has 0 aliphatic carbocycles. The molecule has 0 saturated heterocycles. The lowest BCUT2D eigenvalue weighted by molar-refractivity contribution is 0.171. The largest absolute Gasteiger partial charge is 0.493 e. The van der Waals surface area contributed by atoms with Crippen molar-refractivity contribution in [3.8, 4) is 11.4 Å². The average Bonchev–Trinajstić information content (AvgIpc) is 3.33. The van der Waals surface area contributed by atoms with Crippen LogP contribution in [-0.2, 0) is 17.8 Å². The molecule has 0 atom stereocenters. The van der Waals surface area contributed by atoms with E-state index in [1.165, 1.54) is 11.9 Å². The average molecular weight is 423 g/mol. The highest BCUT2D eigenvalue weighted by Gasteiger charge is 2.06. The van der Waals surface area contributed by atoms with Gasteiger partial charge in [0, 0.05) is 45.8 Å². The molecule has 0 spiro atoms. The molecule has 0 aliphatic heterocycles. The quantitative estimate of drug-likeness (QED) is 0.297. The number of ether oxygens (including phenoxy) is 2. The van der Waals surface area contributed by atoms with Gasteiger partial charge in [0.15, 0.2) is 5.96 Å². The van der Waals surface area contributed by atoms with E-state index >= 15 is 0 Å². The zero-order valence-electron chi connectivity index (χ0n) is 18.3. The first kappa shape index (κ1) is 22.3. The maximum atomic E-state index is 5.97. The Morgan fingerprint density at radius 2 is 1.87 bits per heavy atom. The second-order valence-electron chi connectivity index (χ2n) is 7.09. The van der Waals surface area contributed by atoms with Crippen molar-refractivity contribution in [3.63, 3.8) is 0 Å². The lowest BCUT2D eigenvalue weighted by Crippen LogP contribution is -2.36. The molecule has 8 nitrogen and oxygen atoms in total. The summed E-state index contributed by atoms with van der Waals surface area (Å²) in [7, 11) is 3.46. The molecule has 0 amide bonds. The van der Waals surface area contributed by atoms with Crippen LogP contribution in [0.25, 0.3) is 5.69 Å². The summed E-state index contributed by atoms with van der Waals surface area (Å²) in [6.45, 7) is 4.65. The van der Waals surface area contributed by atoms with Crippen LogP contribution in [0.15, 0.2) is 60.1 Å². The van der Waals surface area contributed by atoms with E-state index in [4.69, 9.17) is 9.47 Å². The minimum atomic E-state index is 0.616. The highest BCUT2D eigenvalue weighted by molar-refractivity contribution is 5.79. The van der Waals surface area contributed by atoms with E-state index in [1.807, 2.05) is 12.1 Å². The Morgan fingerprint density at radius 3 is 2.58 bits per heavy atom. The summed E-state index contributed by atoms with van der Waals surface area (Å²) in [5.74, 6) is 1.62. The van der Waals surface area contributed by atoms with Gasteiger partial charge < -0.3 is 20.1 Å². The van der Waals surface area contributed by atoms with Crippen molar-refractivity contribution in [1.82, 2.24) is 25.4 Å². The van der Waals surface area contributed by atoms with Crippen molar-refractivity contribution < 1.29 is 9.47 Å². The molecule has 0 fully saturated rings. The highest BCUT2D eigenvalue weighted by atomic mass is 16.5. The molecule has 31 heavy (non-hydrogen) atoms. The molecule has 2 N–H and O–H groups in total. The fourth-order valence-electron chi connectivity index (χ4n) is 3.02. The molecule has 8 heteroatoms. The number of aromatic nitrogens is 3. The minimum absolute atomic E-state index is 0.616. The van der Waals surface area contributed by atoms with E-state index < -0.39 is 0 Å². The fourth-order valence-corrected chi connectivity index (χ4v) is 3.02. The van der Waals surface area contributed by atoms with Gasteiger partial charge in [-0.25, -0.2) is 9.67 Å². The summed E-state index contributed by atoms with van der Waals surface area (Å²) in [4.78, 5) is 8.30. The minimum Gasteiger partial charge on any atom is -0.493 e. The van der Waals surface area contributed by atoms with E-state index in [9.17, 15) is 0 Å². The molecule has 3 rings (SSSR count). The maximum Gasteiger partial charge on any atom is 0.191 e. The molecule has 164 valence electrons. The molecular weight excluding hydrogens is 392 g/mol. The zero-order chi connectivity index (χ0) is 21.9. The summed E-state index contributed by atoms with van der Waals surface area (Å²) in [6, 6.07) is 14.4. The van der Waals surface area contributed by atoms with E-state index in [1.54, 1.807) is 25.2 Å². The standard InChI is InChI=1S/C23H30N6O2/c1-18-5-8-20(22(13-18)31-12-4-11-30-3)15-27-23(24-2)26-14-19-6-9-21(10-7-19)29-17-25-16-28-29/h5-10,13,16-17H,4,11-12,14-15H2,1-3H3,(H2,24,26,27). The Labute approximate surface area is 183 Å². The van der Waals surface area contributed by atoms with Crippen LogP contribution in [0.3, 0.4) is 0 Å². The summed E-state index contributed by atoms with van der Waals surface area (Å²) in [5, 5.41) is 10.9. The van der Waals surface area contributed by atoms with Crippen LogP contribution in [0, 0.1) is 6.92 Å². The van der Waals surface area contributed by atoms with Crippen molar-refractivity contribution in [3.05, 3.63) is 71.8 Å². The third kappa shape index (κ3) is 6.82. The molecule has 3 aromatic rings. The van der Waals surface area contributed by atoms with Gasteiger partial charge in [0.2, 0.25) is 0 Å². The zero-order valence-corrected chi connectivity index (χ0v) is 18.3. The number of methoxy groups -OCH3 is 1. The lowest BCUT2D eigenvalue weighted by Gasteiger charge is -2.15. The van der Waals surface area contributed by atoms with Crippen LogP contribution in [0.1, 0.15) is 23.1 Å². The number of benzene rings is 2.